The number of allylic oxidation sites excluding steroid dienone is 1. The average molecular weight is 387 g/mol. The van der Waals surface area contributed by atoms with Crippen LogP contribution in [0.25, 0.3) is 5.70 Å². The number of aromatic amines is 1. The number of fused-ring (bicyclic) bond motifs is 1. The second-order valence-corrected chi connectivity index (χ2v) is 8.52. The molecule has 1 aromatic heterocycles. The van der Waals surface area contributed by atoms with Crippen LogP contribution in [0.5, 0.6) is 0 Å². The number of H-pyrrole nitrogens is 1. The molecule has 1 unspecified atom stereocenters. The van der Waals surface area contributed by atoms with Crippen LogP contribution in [-0.2, 0) is 4.79 Å². The maximum Gasteiger partial charge on any atom is 0.205 e. The van der Waals surface area contributed by atoms with E-state index in [2.05, 4.69) is 27.0 Å². The van der Waals surface area contributed by atoms with E-state index in [1.54, 1.807) is 11.3 Å². The van der Waals surface area contributed by atoms with Crippen molar-refractivity contribution in [2.75, 3.05) is 12.3 Å². The van der Waals surface area contributed by atoms with Crippen molar-refractivity contribution in [1.29, 1.82) is 0 Å². The molecular formula is C19H26N6OS. The van der Waals surface area contributed by atoms with Crippen LogP contribution in [0.3, 0.4) is 0 Å². The van der Waals surface area contributed by atoms with Crippen LogP contribution >= 0.6 is 11.8 Å². The van der Waals surface area contributed by atoms with Gasteiger partial charge in [-0.15, -0.1) is 0 Å². The van der Waals surface area contributed by atoms with Gasteiger partial charge >= 0.3 is 0 Å². The van der Waals surface area contributed by atoms with Crippen molar-refractivity contribution >= 4 is 41.4 Å². The molecule has 4 N–H and O–H groups in total. The molecule has 0 amide bonds. The number of rotatable bonds is 5. The summed E-state index contributed by atoms with van der Waals surface area (Å²) in [6.45, 7) is 4.75. The lowest BCUT2D eigenvalue weighted by molar-refractivity contribution is -0.112. The minimum atomic E-state index is 0.0552. The first kappa shape index (κ1) is 18.5. The minimum Gasteiger partial charge on any atom is -0.346 e. The van der Waals surface area contributed by atoms with Gasteiger partial charge in [-0.1, -0.05) is 11.8 Å². The van der Waals surface area contributed by atoms with Crippen molar-refractivity contribution in [2.24, 2.45) is 27.7 Å². The topological polar surface area (TPSA) is 98.9 Å². The number of carbonyl (C=O) groups excluding carboxylic acids is 1. The van der Waals surface area contributed by atoms with Crippen LogP contribution in [0.15, 0.2) is 27.9 Å². The molecule has 8 heteroatoms. The van der Waals surface area contributed by atoms with Gasteiger partial charge < -0.3 is 10.3 Å². The van der Waals surface area contributed by atoms with E-state index in [4.69, 9.17) is 5.84 Å². The summed E-state index contributed by atoms with van der Waals surface area (Å²) in [4.78, 5) is 23.6. The monoisotopic (exact) mass is 386 g/mol. The maximum absolute atomic E-state index is 11.8. The second-order valence-electron chi connectivity index (χ2n) is 7.42. The highest BCUT2D eigenvalue weighted by Gasteiger charge is 2.31. The van der Waals surface area contributed by atoms with E-state index in [-0.39, 0.29) is 6.04 Å². The van der Waals surface area contributed by atoms with E-state index < -0.39 is 0 Å². The van der Waals surface area contributed by atoms with E-state index in [0.717, 1.165) is 67.2 Å². The molecule has 1 saturated carbocycles. The van der Waals surface area contributed by atoms with E-state index >= 15 is 0 Å². The molecule has 7 nitrogen and oxygen atoms in total. The molecule has 0 bridgehead atoms. The van der Waals surface area contributed by atoms with Crippen LogP contribution in [-0.4, -0.2) is 46.5 Å². The fourth-order valence-corrected chi connectivity index (χ4v) is 5.23. The molecule has 1 aliphatic carbocycles. The Kier molecular flexibility index (Phi) is 5.47. The smallest absolute Gasteiger partial charge is 0.205 e. The fraction of sp³-hybridized carbons (Fsp3) is 0.526. The Morgan fingerprint density at radius 1 is 1.41 bits per heavy atom. The Morgan fingerprint density at radius 2 is 2.22 bits per heavy atom. The molecule has 1 atom stereocenters. The van der Waals surface area contributed by atoms with Gasteiger partial charge in [0.25, 0.3) is 0 Å². The fourth-order valence-electron chi connectivity index (χ4n) is 4.27. The van der Waals surface area contributed by atoms with Gasteiger partial charge in [0.2, 0.25) is 5.12 Å². The Labute approximate surface area is 163 Å². The number of nitrogens with zero attached hydrogens (tertiary/aromatic N) is 3. The Hall–Kier alpha value is -1.90. The molecule has 1 aromatic rings. The zero-order chi connectivity index (χ0) is 18.8. The second kappa shape index (κ2) is 8.00. The largest absolute Gasteiger partial charge is 0.346 e. The van der Waals surface area contributed by atoms with Crippen LogP contribution in [0, 0.1) is 11.8 Å². The number of thioether (sulfide) groups is 1. The number of nitrogens with one attached hydrogen (secondary N) is 2. The molecule has 0 radical (unpaired) electrons. The summed E-state index contributed by atoms with van der Waals surface area (Å²) in [6.07, 6.45) is 8.80. The van der Waals surface area contributed by atoms with Crippen LogP contribution in [0.4, 0.5) is 5.82 Å². The van der Waals surface area contributed by atoms with Gasteiger partial charge in [-0.2, -0.15) is 0 Å². The van der Waals surface area contributed by atoms with Crippen molar-refractivity contribution in [3.05, 3.63) is 23.5 Å². The van der Waals surface area contributed by atoms with Crippen LogP contribution < -0.4 is 11.2 Å². The van der Waals surface area contributed by atoms with Gasteiger partial charge in [0.05, 0.1) is 17.4 Å². The molecule has 1 saturated heterocycles. The highest BCUT2D eigenvalue weighted by Crippen LogP contribution is 2.40. The predicted octanol–water partition coefficient (Wildman–Crippen LogP) is 2.66. The third-order valence-corrected chi connectivity index (χ3v) is 6.79. The normalized spacial score (nSPS) is 29.7. The number of aliphatic imine (C=N–C) groups is 2. The SMILES string of the molecule is C=N/C(=C1/c2cc[nH]c2N=CN1N)C1CCC(CNC2CCSC2=O)CC1. The number of carbonyl (C=O) groups is 1. The van der Waals surface area contributed by atoms with Gasteiger partial charge in [0.1, 0.15) is 12.2 Å². The lowest BCUT2D eigenvalue weighted by Crippen LogP contribution is -2.37. The summed E-state index contributed by atoms with van der Waals surface area (Å²) in [6, 6.07) is 2.04. The Balaban J connectivity index is 1.41. The van der Waals surface area contributed by atoms with Crippen LogP contribution in [0.1, 0.15) is 37.7 Å². The van der Waals surface area contributed by atoms with Crippen LogP contribution in [0.2, 0.25) is 0 Å². The summed E-state index contributed by atoms with van der Waals surface area (Å²) in [5, 5.41) is 5.33. The highest BCUT2D eigenvalue weighted by molar-refractivity contribution is 8.14. The lowest BCUT2D eigenvalue weighted by Gasteiger charge is -2.32. The number of hydrogen-bond acceptors (Lipinski definition) is 7. The summed E-state index contributed by atoms with van der Waals surface area (Å²) in [7, 11) is 0. The molecule has 2 aliphatic heterocycles. The molecule has 144 valence electrons. The number of hydrazine groups is 1. The third-order valence-electron chi connectivity index (χ3n) is 5.78. The zero-order valence-electron chi connectivity index (χ0n) is 15.4. The van der Waals surface area contributed by atoms with Gasteiger partial charge in [-0.3, -0.25) is 14.8 Å². The zero-order valence-corrected chi connectivity index (χ0v) is 16.2. The molecule has 3 aliphatic rings. The molecule has 0 spiro atoms. The molecule has 27 heavy (non-hydrogen) atoms. The third kappa shape index (κ3) is 3.74. The number of hydrogen-bond donors (Lipinski definition) is 3. The molecule has 3 heterocycles. The standard InChI is InChI=1S/C19H26N6OS/c1-21-16(17-14-6-8-22-18(14)24-11-25(17)20)13-4-2-12(3-5-13)10-23-15-7-9-27-19(15)26/h6,8,11-13,15,22-23H,1-5,7,9-10,20H2/b17-16-. The van der Waals surface area contributed by atoms with E-state index in [1.165, 1.54) is 11.8 Å². The van der Waals surface area contributed by atoms with Crippen molar-refractivity contribution < 1.29 is 4.79 Å². The molecular weight excluding hydrogens is 360 g/mol. The first-order chi connectivity index (χ1) is 13.2. The van der Waals surface area contributed by atoms with Crippen molar-refractivity contribution in [2.45, 2.75) is 38.1 Å². The minimum absolute atomic E-state index is 0.0552. The van der Waals surface area contributed by atoms with Gasteiger partial charge in [-0.25, -0.2) is 10.8 Å². The average Bonchev–Trinajstić information content (AvgIpc) is 3.32. The molecule has 4 rings (SSSR count). The van der Waals surface area contributed by atoms with Crippen molar-refractivity contribution in [3.8, 4) is 0 Å². The molecule has 2 fully saturated rings. The first-order valence-corrected chi connectivity index (χ1v) is 10.5. The summed E-state index contributed by atoms with van der Waals surface area (Å²) < 4.78 is 0. The highest BCUT2D eigenvalue weighted by atomic mass is 32.2. The Bertz CT molecular complexity index is 777. The van der Waals surface area contributed by atoms with E-state index in [9.17, 15) is 4.79 Å². The van der Waals surface area contributed by atoms with Gasteiger partial charge in [0, 0.05) is 23.4 Å². The van der Waals surface area contributed by atoms with E-state index in [1.807, 2.05) is 12.3 Å². The first-order valence-electron chi connectivity index (χ1n) is 9.54. The predicted molar refractivity (Wildman–Crippen MR) is 111 cm³/mol. The summed E-state index contributed by atoms with van der Waals surface area (Å²) in [5.41, 5.74) is 2.83. The van der Waals surface area contributed by atoms with Crippen molar-refractivity contribution in [3.63, 3.8) is 0 Å². The Morgan fingerprint density at radius 3 is 2.93 bits per heavy atom. The number of aromatic nitrogens is 1. The van der Waals surface area contributed by atoms with Crippen molar-refractivity contribution in [1.82, 2.24) is 15.3 Å². The summed E-state index contributed by atoms with van der Waals surface area (Å²) in [5.74, 6) is 8.89. The number of nitrogens with two attached hydrogens (primary N) is 1. The maximum atomic E-state index is 11.8. The molecule has 0 aromatic carbocycles. The quantitative estimate of drug-likeness (QED) is 0.534. The lowest BCUT2D eigenvalue weighted by atomic mass is 9.79. The van der Waals surface area contributed by atoms with Gasteiger partial charge in [0.15, 0.2) is 0 Å². The van der Waals surface area contributed by atoms with Gasteiger partial charge in [-0.05, 0) is 57.4 Å². The van der Waals surface area contributed by atoms with E-state index in [0.29, 0.717) is 17.0 Å². The summed E-state index contributed by atoms with van der Waals surface area (Å²) >= 11 is 1.45.